The molecule has 0 bridgehead atoms. The van der Waals surface area contributed by atoms with Crippen molar-refractivity contribution >= 4 is 5.91 Å². The van der Waals surface area contributed by atoms with E-state index in [9.17, 15) is 4.79 Å². The maximum atomic E-state index is 11.2. The molecule has 0 N–H and O–H groups in total. The van der Waals surface area contributed by atoms with Gasteiger partial charge in [0, 0.05) is 6.61 Å². The van der Waals surface area contributed by atoms with E-state index < -0.39 is 0 Å². The molecule has 0 fully saturated rings. The van der Waals surface area contributed by atoms with Gasteiger partial charge in [0.2, 0.25) is 0 Å². The summed E-state index contributed by atoms with van der Waals surface area (Å²) >= 11 is 0. The van der Waals surface area contributed by atoms with Crippen LogP contribution in [0.25, 0.3) is 10.6 Å². The van der Waals surface area contributed by atoms with E-state index in [1.165, 1.54) is 0 Å². The molecule has 0 atom stereocenters. The van der Waals surface area contributed by atoms with Crippen molar-refractivity contribution in [3.63, 3.8) is 0 Å². The van der Waals surface area contributed by atoms with Crippen LogP contribution in [0.5, 0.6) is 0 Å². The summed E-state index contributed by atoms with van der Waals surface area (Å²) in [6, 6.07) is 0. The van der Waals surface area contributed by atoms with Crippen molar-refractivity contribution < 1.29 is 126 Å². The number of hydrogen-bond donors (Lipinski definition) is 0. The average molecular weight is 413 g/mol. The first-order chi connectivity index (χ1) is 8.02. The van der Waals surface area contributed by atoms with E-state index in [2.05, 4.69) is 24.5 Å². The number of nitrogens with zero attached hydrogens (tertiary/aromatic N) is 2. The van der Waals surface area contributed by atoms with Gasteiger partial charge in [0.1, 0.15) is 0 Å². The molecule has 0 aromatic rings. The molecule has 6 heteroatoms. The SMILES string of the molecule is CC(C)C[N-]CCCOCC(=O)[N-]CC(C)C.[Rb+].[Rb+]. The molecule has 0 saturated heterocycles. The first-order valence-corrected chi connectivity index (χ1v) is 6.43. The molecule has 0 aromatic carbocycles. The van der Waals surface area contributed by atoms with E-state index in [0.717, 1.165) is 19.5 Å². The van der Waals surface area contributed by atoms with Gasteiger partial charge in [-0.05, 0) is 6.42 Å². The van der Waals surface area contributed by atoms with Crippen molar-refractivity contribution in [2.75, 3.05) is 32.8 Å². The van der Waals surface area contributed by atoms with Crippen LogP contribution in [0.4, 0.5) is 0 Å². The molecule has 0 spiro atoms. The maximum Gasteiger partial charge on any atom is 1.00 e. The van der Waals surface area contributed by atoms with Crippen LogP contribution in [0.1, 0.15) is 34.1 Å². The van der Waals surface area contributed by atoms with E-state index in [4.69, 9.17) is 4.74 Å². The van der Waals surface area contributed by atoms with Crippen molar-refractivity contribution in [3.05, 3.63) is 10.6 Å². The zero-order valence-electron chi connectivity index (χ0n) is 13.6. The number of hydrogen-bond acceptors (Lipinski definition) is 2. The predicted octanol–water partition coefficient (Wildman–Crippen LogP) is -3.01. The zero-order chi connectivity index (χ0) is 13.1. The van der Waals surface area contributed by atoms with Crippen LogP contribution in [-0.4, -0.2) is 38.8 Å². The fourth-order valence-corrected chi connectivity index (χ4v) is 1.12. The van der Waals surface area contributed by atoms with Crippen molar-refractivity contribution in [2.24, 2.45) is 11.8 Å². The molecule has 0 radical (unpaired) electrons. The number of ether oxygens (including phenoxy) is 1. The summed E-state index contributed by atoms with van der Waals surface area (Å²) in [6.07, 6.45) is 0.879. The number of carbonyl (C=O) groups excluding carboxylic acids is 1. The van der Waals surface area contributed by atoms with Gasteiger partial charge in [-0.1, -0.05) is 39.5 Å². The van der Waals surface area contributed by atoms with Crippen LogP contribution in [0.15, 0.2) is 0 Å². The average Bonchev–Trinajstić information content (AvgIpc) is 2.24. The Morgan fingerprint density at radius 1 is 1.05 bits per heavy atom. The second kappa shape index (κ2) is 19.0. The standard InChI is InChI=1S/C13H27N2O2.2Rb/c1-11(2)8-14-6-5-7-17-10-13(16)15-9-12(3)4;;/h11-12H,5-10H2,1-4H3,(H,15,16);;/q-1;2*+1/p-1. The van der Waals surface area contributed by atoms with E-state index in [1.807, 2.05) is 13.8 Å². The summed E-state index contributed by atoms with van der Waals surface area (Å²) in [7, 11) is 0. The van der Waals surface area contributed by atoms with E-state index in [-0.39, 0.29) is 129 Å². The topological polar surface area (TPSA) is 54.5 Å². The minimum absolute atomic E-state index is 0. The maximum absolute atomic E-state index is 11.2. The third-order valence-corrected chi connectivity index (χ3v) is 1.96. The van der Waals surface area contributed by atoms with Gasteiger partial charge in [-0.25, -0.2) is 0 Å². The van der Waals surface area contributed by atoms with E-state index >= 15 is 0 Å². The van der Waals surface area contributed by atoms with Gasteiger partial charge in [-0.3, -0.25) is 0 Å². The van der Waals surface area contributed by atoms with E-state index in [1.54, 1.807) is 0 Å². The van der Waals surface area contributed by atoms with Crippen molar-refractivity contribution in [3.8, 4) is 0 Å². The zero-order valence-corrected chi connectivity index (χ0v) is 23.4. The summed E-state index contributed by atoms with van der Waals surface area (Å²) in [6.45, 7) is 11.4. The predicted molar refractivity (Wildman–Crippen MR) is 71.4 cm³/mol. The normalized spacial score (nSPS) is 10.0. The van der Waals surface area contributed by atoms with Crippen LogP contribution in [0.2, 0.25) is 0 Å². The minimum Gasteiger partial charge on any atom is -0.662 e. The fraction of sp³-hybridized carbons (Fsp3) is 0.923. The molecule has 0 aliphatic heterocycles. The third kappa shape index (κ3) is 23.4. The molecule has 0 aromatic heterocycles. The molecule has 0 rings (SSSR count). The summed E-state index contributed by atoms with van der Waals surface area (Å²) in [5.41, 5.74) is 0. The Morgan fingerprint density at radius 3 is 2.16 bits per heavy atom. The van der Waals surface area contributed by atoms with Gasteiger partial charge in [0.15, 0.2) is 0 Å². The molecule has 0 saturated carbocycles. The van der Waals surface area contributed by atoms with Gasteiger partial charge in [0.25, 0.3) is 0 Å². The van der Waals surface area contributed by atoms with Crippen LogP contribution in [0, 0.1) is 11.8 Å². The summed E-state index contributed by atoms with van der Waals surface area (Å²) in [5.74, 6) is 0.888. The quantitative estimate of drug-likeness (QED) is 0.359. The third-order valence-electron chi connectivity index (χ3n) is 1.96. The number of rotatable bonds is 10. The molecule has 0 aliphatic rings. The summed E-state index contributed by atoms with van der Waals surface area (Å²) in [5, 5.41) is 8.25. The Balaban J connectivity index is -0.00000128. The van der Waals surface area contributed by atoms with Crippen molar-refractivity contribution in [1.82, 2.24) is 0 Å². The van der Waals surface area contributed by atoms with Crippen LogP contribution < -0.4 is 116 Å². The molecular weight excluding hydrogens is 387 g/mol. The van der Waals surface area contributed by atoms with Crippen molar-refractivity contribution in [1.29, 1.82) is 0 Å². The van der Waals surface area contributed by atoms with Gasteiger partial charge in [-0.15, -0.1) is 19.6 Å². The Kier molecular flexibility index (Phi) is 26.9. The number of amides is 1. The van der Waals surface area contributed by atoms with E-state index in [0.29, 0.717) is 25.0 Å². The Bertz CT molecular complexity index is 203. The second-order valence-corrected chi connectivity index (χ2v) is 5.06. The fourth-order valence-electron chi connectivity index (χ4n) is 1.12. The van der Waals surface area contributed by atoms with Crippen LogP contribution >= 0.6 is 0 Å². The van der Waals surface area contributed by atoms with Crippen LogP contribution in [-0.2, 0) is 9.53 Å². The first-order valence-electron chi connectivity index (χ1n) is 6.43. The molecule has 19 heavy (non-hydrogen) atoms. The molecule has 0 aliphatic carbocycles. The summed E-state index contributed by atoms with van der Waals surface area (Å²) in [4.78, 5) is 11.2. The van der Waals surface area contributed by atoms with Gasteiger partial charge >= 0.3 is 116 Å². The molecule has 102 valence electrons. The van der Waals surface area contributed by atoms with Gasteiger partial charge < -0.3 is 20.2 Å². The van der Waals surface area contributed by atoms with Crippen molar-refractivity contribution in [2.45, 2.75) is 34.1 Å². The van der Waals surface area contributed by atoms with Crippen LogP contribution in [0.3, 0.4) is 0 Å². The Morgan fingerprint density at radius 2 is 1.63 bits per heavy atom. The molecular formula is C13H26N2O2Rb2. The molecule has 0 heterocycles. The second-order valence-electron chi connectivity index (χ2n) is 5.06. The monoisotopic (exact) mass is 412 g/mol. The molecule has 1 amide bonds. The Labute approximate surface area is 216 Å². The first kappa shape index (κ1) is 26.9. The molecule has 4 nitrogen and oxygen atoms in total. The Hall–Kier alpha value is 3.00. The number of carbonyl (C=O) groups is 1. The minimum atomic E-state index is -0.155. The summed E-state index contributed by atoms with van der Waals surface area (Å²) < 4.78 is 5.23. The smallest absolute Gasteiger partial charge is 0.662 e. The molecule has 0 unspecified atom stereocenters. The largest absolute Gasteiger partial charge is 1.00 e. The van der Waals surface area contributed by atoms with Gasteiger partial charge in [0.05, 0.1) is 12.5 Å². The van der Waals surface area contributed by atoms with Gasteiger partial charge in [-0.2, -0.15) is 0 Å².